The van der Waals surface area contributed by atoms with Crippen LogP contribution in [0.25, 0.3) is 0 Å². The van der Waals surface area contributed by atoms with Crippen LogP contribution in [-0.2, 0) is 9.59 Å². The molecule has 0 spiro atoms. The molecule has 2 N–H and O–H groups in total. The third-order valence-corrected chi connectivity index (χ3v) is 2.78. The number of hydrogen-bond acceptors (Lipinski definition) is 3. The average molecular weight is 283 g/mol. The molecule has 110 valence electrons. The zero-order chi connectivity index (χ0) is 15.0. The first kappa shape index (κ1) is 15.9. The largest absolute Gasteiger partial charge is 0.494 e. The molecule has 2 atom stereocenters. The Morgan fingerprint density at radius 2 is 2.00 bits per heavy atom. The van der Waals surface area contributed by atoms with Crippen LogP contribution in [0.4, 0.5) is 4.39 Å². The summed E-state index contributed by atoms with van der Waals surface area (Å²) in [6.07, 6.45) is 0.416. The first-order valence-corrected chi connectivity index (χ1v) is 6.31. The number of rotatable bonds is 8. The number of nitrogens with one attached hydrogen (secondary N) is 1. The van der Waals surface area contributed by atoms with Crippen molar-refractivity contribution in [2.75, 3.05) is 13.3 Å². The molecule has 1 aromatic carbocycles. The van der Waals surface area contributed by atoms with Crippen LogP contribution in [0.15, 0.2) is 30.3 Å². The highest BCUT2D eigenvalue weighted by Crippen LogP contribution is 2.10. The van der Waals surface area contributed by atoms with Crippen LogP contribution in [0.1, 0.15) is 13.3 Å². The number of halogens is 1. The molecule has 0 saturated carbocycles. The lowest BCUT2D eigenvalue weighted by Gasteiger charge is -2.15. The number of carbonyl (C=O) groups excluding carboxylic acids is 1. The summed E-state index contributed by atoms with van der Waals surface area (Å²) in [6.45, 7) is 0.834. The van der Waals surface area contributed by atoms with Crippen molar-refractivity contribution < 1.29 is 23.8 Å². The van der Waals surface area contributed by atoms with Crippen molar-refractivity contribution in [1.82, 2.24) is 5.32 Å². The third-order valence-electron chi connectivity index (χ3n) is 2.78. The van der Waals surface area contributed by atoms with E-state index >= 15 is 0 Å². The molecular weight excluding hydrogens is 265 g/mol. The molecule has 0 aliphatic heterocycles. The molecule has 0 saturated heterocycles. The minimum atomic E-state index is -1.49. The van der Waals surface area contributed by atoms with Crippen molar-refractivity contribution in [3.63, 3.8) is 0 Å². The van der Waals surface area contributed by atoms with E-state index in [0.717, 1.165) is 0 Å². The lowest BCUT2D eigenvalue weighted by atomic mass is 10.1. The fourth-order valence-electron chi connectivity index (χ4n) is 1.48. The Morgan fingerprint density at radius 1 is 1.35 bits per heavy atom. The van der Waals surface area contributed by atoms with Gasteiger partial charge in [-0.1, -0.05) is 25.1 Å². The normalized spacial score (nSPS) is 13.3. The molecule has 1 rings (SSSR count). The second kappa shape index (κ2) is 8.14. The van der Waals surface area contributed by atoms with E-state index in [9.17, 15) is 14.0 Å². The number of benzene rings is 1. The van der Waals surface area contributed by atoms with Gasteiger partial charge in [0.1, 0.15) is 12.4 Å². The van der Waals surface area contributed by atoms with Gasteiger partial charge in [-0.25, -0.2) is 9.18 Å². The molecule has 0 aliphatic carbocycles. The Morgan fingerprint density at radius 3 is 2.55 bits per heavy atom. The highest BCUT2D eigenvalue weighted by atomic mass is 19.1. The monoisotopic (exact) mass is 283 g/mol. The fraction of sp³-hybridized carbons (Fsp3) is 0.429. The minimum Gasteiger partial charge on any atom is -0.494 e. The predicted molar refractivity (Wildman–Crippen MR) is 71.3 cm³/mol. The summed E-state index contributed by atoms with van der Waals surface area (Å²) in [6, 6.07) is 7.66. The quantitative estimate of drug-likeness (QED) is 0.760. The van der Waals surface area contributed by atoms with E-state index in [2.05, 4.69) is 5.32 Å². The standard InChI is InChI=1S/C14H18FNO4/c1-10(13(17)16-12(9-15)14(18)19)7-8-20-11-5-3-2-4-6-11/h2-6,10,12H,7-9H2,1H3,(H,16,17)(H,18,19). The summed E-state index contributed by atoms with van der Waals surface area (Å²) >= 11 is 0. The van der Waals surface area contributed by atoms with Crippen molar-refractivity contribution in [3.8, 4) is 5.75 Å². The maximum Gasteiger partial charge on any atom is 0.328 e. The molecule has 1 amide bonds. The molecule has 0 aliphatic rings. The molecule has 0 heterocycles. The van der Waals surface area contributed by atoms with Gasteiger partial charge in [0, 0.05) is 5.92 Å². The molecule has 0 fully saturated rings. The second-order valence-corrected chi connectivity index (χ2v) is 4.40. The highest BCUT2D eigenvalue weighted by Gasteiger charge is 2.22. The Balaban J connectivity index is 2.33. The molecular formula is C14H18FNO4. The first-order valence-electron chi connectivity index (χ1n) is 6.31. The Kier molecular flexibility index (Phi) is 6.49. The number of amides is 1. The minimum absolute atomic E-state index is 0.325. The van der Waals surface area contributed by atoms with Gasteiger partial charge in [-0.3, -0.25) is 4.79 Å². The van der Waals surface area contributed by atoms with E-state index in [1.165, 1.54) is 0 Å². The van der Waals surface area contributed by atoms with Gasteiger partial charge in [0.2, 0.25) is 5.91 Å². The van der Waals surface area contributed by atoms with Gasteiger partial charge in [-0.15, -0.1) is 0 Å². The van der Waals surface area contributed by atoms with Crippen molar-refractivity contribution >= 4 is 11.9 Å². The van der Waals surface area contributed by atoms with Crippen molar-refractivity contribution in [3.05, 3.63) is 30.3 Å². The lowest BCUT2D eigenvalue weighted by Crippen LogP contribution is -2.44. The summed E-state index contributed by atoms with van der Waals surface area (Å²) in [5.41, 5.74) is 0. The summed E-state index contributed by atoms with van der Waals surface area (Å²) in [5.74, 6) is -1.63. The van der Waals surface area contributed by atoms with E-state index in [0.29, 0.717) is 18.8 Å². The molecule has 0 radical (unpaired) electrons. The van der Waals surface area contributed by atoms with Crippen LogP contribution >= 0.6 is 0 Å². The maximum atomic E-state index is 12.4. The van der Waals surface area contributed by atoms with Gasteiger partial charge in [-0.05, 0) is 18.6 Å². The average Bonchev–Trinajstić information content (AvgIpc) is 2.45. The van der Waals surface area contributed by atoms with E-state index in [1.54, 1.807) is 19.1 Å². The first-order chi connectivity index (χ1) is 9.54. The molecule has 5 nitrogen and oxygen atoms in total. The molecule has 0 aromatic heterocycles. The number of ether oxygens (including phenoxy) is 1. The molecule has 0 bridgehead atoms. The van der Waals surface area contributed by atoms with Gasteiger partial charge < -0.3 is 15.2 Å². The zero-order valence-corrected chi connectivity index (χ0v) is 11.2. The van der Waals surface area contributed by atoms with Gasteiger partial charge in [-0.2, -0.15) is 0 Å². The predicted octanol–water partition coefficient (Wildman–Crippen LogP) is 1.63. The van der Waals surface area contributed by atoms with E-state index in [-0.39, 0.29) is 0 Å². The Bertz CT molecular complexity index is 438. The Hall–Kier alpha value is -2.11. The van der Waals surface area contributed by atoms with Crippen LogP contribution in [0.2, 0.25) is 0 Å². The number of carboxylic acid groups (broad SMARTS) is 1. The molecule has 20 heavy (non-hydrogen) atoms. The summed E-state index contributed by atoms with van der Waals surface area (Å²) < 4.78 is 17.8. The topological polar surface area (TPSA) is 75.6 Å². The van der Waals surface area contributed by atoms with Gasteiger partial charge >= 0.3 is 5.97 Å². The number of alkyl halides is 1. The molecule has 1 aromatic rings. The van der Waals surface area contributed by atoms with Crippen molar-refractivity contribution in [2.24, 2.45) is 5.92 Å². The lowest BCUT2D eigenvalue weighted by molar-refractivity contribution is -0.142. The number of aliphatic carboxylic acids is 1. The van der Waals surface area contributed by atoms with E-state index in [4.69, 9.17) is 9.84 Å². The SMILES string of the molecule is CC(CCOc1ccccc1)C(=O)NC(CF)C(=O)O. The summed E-state index contributed by atoms with van der Waals surface area (Å²) in [7, 11) is 0. The number of para-hydroxylation sites is 1. The van der Waals surface area contributed by atoms with Gasteiger partial charge in [0.25, 0.3) is 0 Å². The summed E-state index contributed by atoms with van der Waals surface area (Å²) in [5, 5.41) is 10.8. The van der Waals surface area contributed by atoms with Crippen molar-refractivity contribution in [1.29, 1.82) is 0 Å². The van der Waals surface area contributed by atoms with Crippen molar-refractivity contribution in [2.45, 2.75) is 19.4 Å². The fourth-order valence-corrected chi connectivity index (χ4v) is 1.48. The van der Waals surface area contributed by atoms with E-state index < -0.39 is 30.5 Å². The van der Waals surface area contributed by atoms with E-state index in [1.807, 2.05) is 18.2 Å². The maximum absolute atomic E-state index is 12.4. The van der Waals surface area contributed by atoms with Crippen LogP contribution in [0, 0.1) is 5.92 Å². The number of hydrogen-bond donors (Lipinski definition) is 2. The van der Waals surface area contributed by atoms with Crippen LogP contribution in [0.3, 0.4) is 0 Å². The van der Waals surface area contributed by atoms with Crippen LogP contribution < -0.4 is 10.1 Å². The van der Waals surface area contributed by atoms with Gasteiger partial charge in [0.15, 0.2) is 6.04 Å². The number of carboxylic acids is 1. The smallest absolute Gasteiger partial charge is 0.328 e. The highest BCUT2D eigenvalue weighted by molar-refractivity contribution is 5.84. The molecule has 2 unspecified atom stereocenters. The molecule has 6 heteroatoms. The zero-order valence-electron chi connectivity index (χ0n) is 11.2. The van der Waals surface area contributed by atoms with Crippen LogP contribution in [0.5, 0.6) is 5.75 Å². The number of carbonyl (C=O) groups is 2. The second-order valence-electron chi connectivity index (χ2n) is 4.40. The van der Waals surface area contributed by atoms with Gasteiger partial charge in [0.05, 0.1) is 6.61 Å². The third kappa shape index (κ3) is 5.26. The Labute approximate surface area is 116 Å². The summed E-state index contributed by atoms with van der Waals surface area (Å²) in [4.78, 5) is 22.3. The van der Waals surface area contributed by atoms with Crippen LogP contribution in [-0.4, -0.2) is 36.3 Å².